The summed E-state index contributed by atoms with van der Waals surface area (Å²) in [5.41, 5.74) is 4.26. The molecule has 1 heterocycles. The highest BCUT2D eigenvalue weighted by molar-refractivity contribution is 7.14. The highest BCUT2D eigenvalue weighted by atomic mass is 32.1. The van der Waals surface area contributed by atoms with Crippen LogP contribution >= 0.6 is 11.3 Å². The number of aromatic nitrogens is 1. The molecule has 1 amide bonds. The van der Waals surface area contributed by atoms with Gasteiger partial charge in [0.15, 0.2) is 5.13 Å². The second-order valence-electron chi connectivity index (χ2n) is 5.80. The Morgan fingerprint density at radius 2 is 1.84 bits per heavy atom. The maximum Gasteiger partial charge on any atom is 0.226 e. The Morgan fingerprint density at radius 3 is 2.52 bits per heavy atom. The molecule has 2 aromatic carbocycles. The molecule has 0 saturated heterocycles. The van der Waals surface area contributed by atoms with Gasteiger partial charge in [-0.1, -0.05) is 42.0 Å². The minimum Gasteiger partial charge on any atom is -0.497 e. The van der Waals surface area contributed by atoms with Crippen molar-refractivity contribution in [2.45, 2.75) is 19.8 Å². The molecule has 0 saturated carbocycles. The van der Waals surface area contributed by atoms with Gasteiger partial charge in [0.1, 0.15) is 5.75 Å². The molecule has 0 atom stereocenters. The highest BCUT2D eigenvalue weighted by Gasteiger charge is 2.08. The SMILES string of the molecule is COc1ccc(CCC(=O)Nc2nc(-c3ccc(C)cc3)cs2)cc1. The van der Waals surface area contributed by atoms with E-state index < -0.39 is 0 Å². The number of hydrogen-bond donors (Lipinski definition) is 1. The molecule has 0 unspecified atom stereocenters. The molecule has 128 valence electrons. The molecule has 0 bridgehead atoms. The number of benzene rings is 2. The Morgan fingerprint density at radius 1 is 1.12 bits per heavy atom. The molecule has 0 spiro atoms. The van der Waals surface area contributed by atoms with Gasteiger partial charge in [-0.05, 0) is 31.0 Å². The number of ether oxygens (including phenoxy) is 1. The summed E-state index contributed by atoms with van der Waals surface area (Å²) in [5.74, 6) is 0.792. The summed E-state index contributed by atoms with van der Waals surface area (Å²) in [6.45, 7) is 2.05. The first-order valence-corrected chi connectivity index (χ1v) is 8.97. The molecule has 0 aliphatic carbocycles. The predicted octanol–water partition coefficient (Wildman–Crippen LogP) is 4.70. The fourth-order valence-corrected chi connectivity index (χ4v) is 3.16. The van der Waals surface area contributed by atoms with Crippen molar-refractivity contribution in [3.63, 3.8) is 0 Å². The molecule has 1 N–H and O–H groups in total. The number of anilines is 1. The van der Waals surface area contributed by atoms with Crippen molar-refractivity contribution < 1.29 is 9.53 Å². The summed E-state index contributed by atoms with van der Waals surface area (Å²) >= 11 is 1.44. The molecular weight excluding hydrogens is 332 g/mol. The third-order valence-electron chi connectivity index (χ3n) is 3.90. The van der Waals surface area contributed by atoms with Crippen molar-refractivity contribution in [3.05, 3.63) is 65.0 Å². The summed E-state index contributed by atoms with van der Waals surface area (Å²) in [6.07, 6.45) is 1.11. The summed E-state index contributed by atoms with van der Waals surface area (Å²) < 4.78 is 5.13. The second kappa shape index (κ2) is 7.94. The van der Waals surface area contributed by atoms with Crippen LogP contribution in [0.4, 0.5) is 5.13 Å². The number of nitrogens with zero attached hydrogens (tertiary/aromatic N) is 1. The lowest BCUT2D eigenvalue weighted by atomic mass is 10.1. The maximum absolute atomic E-state index is 12.1. The van der Waals surface area contributed by atoms with Crippen LogP contribution in [0.2, 0.25) is 0 Å². The number of hydrogen-bond acceptors (Lipinski definition) is 4. The average Bonchev–Trinajstić information content (AvgIpc) is 3.09. The fourth-order valence-electron chi connectivity index (χ4n) is 2.42. The summed E-state index contributed by atoms with van der Waals surface area (Å²) in [6, 6.07) is 16.0. The van der Waals surface area contributed by atoms with E-state index in [2.05, 4.69) is 29.4 Å². The van der Waals surface area contributed by atoms with Crippen molar-refractivity contribution in [2.75, 3.05) is 12.4 Å². The first-order chi connectivity index (χ1) is 12.1. The standard InChI is InChI=1S/C20H20N2O2S/c1-14-3-8-16(9-4-14)18-13-25-20(21-18)22-19(23)12-7-15-5-10-17(24-2)11-6-15/h3-6,8-11,13H,7,12H2,1-2H3,(H,21,22,23). The van der Waals surface area contributed by atoms with E-state index in [4.69, 9.17) is 4.74 Å². The van der Waals surface area contributed by atoms with Crippen LogP contribution in [0.25, 0.3) is 11.3 Å². The summed E-state index contributed by atoms with van der Waals surface area (Å²) in [7, 11) is 1.64. The second-order valence-corrected chi connectivity index (χ2v) is 6.66. The number of nitrogens with one attached hydrogen (secondary N) is 1. The van der Waals surface area contributed by atoms with Crippen molar-refractivity contribution in [2.24, 2.45) is 0 Å². The fraction of sp³-hybridized carbons (Fsp3) is 0.200. The first-order valence-electron chi connectivity index (χ1n) is 8.09. The zero-order valence-corrected chi connectivity index (χ0v) is 15.1. The van der Waals surface area contributed by atoms with Crippen LogP contribution in [0, 0.1) is 6.92 Å². The van der Waals surface area contributed by atoms with Gasteiger partial charge in [-0.15, -0.1) is 11.3 Å². The zero-order chi connectivity index (χ0) is 17.6. The van der Waals surface area contributed by atoms with E-state index in [0.717, 1.165) is 22.6 Å². The summed E-state index contributed by atoms with van der Waals surface area (Å²) in [5, 5.41) is 5.48. The van der Waals surface area contributed by atoms with Crippen LogP contribution in [-0.4, -0.2) is 18.0 Å². The average molecular weight is 352 g/mol. The molecule has 5 heteroatoms. The number of thiazole rings is 1. The van der Waals surface area contributed by atoms with E-state index in [1.807, 2.05) is 41.8 Å². The Hall–Kier alpha value is -2.66. The minimum absolute atomic E-state index is 0.0272. The quantitative estimate of drug-likeness (QED) is 0.700. The van der Waals surface area contributed by atoms with Gasteiger partial charge in [-0.2, -0.15) is 0 Å². The molecule has 0 aliphatic rings. The monoisotopic (exact) mass is 352 g/mol. The van der Waals surface area contributed by atoms with Gasteiger partial charge in [0.25, 0.3) is 0 Å². The van der Waals surface area contributed by atoms with Crippen LogP contribution < -0.4 is 10.1 Å². The Bertz CT molecular complexity index is 839. The Labute approximate surface area is 151 Å². The predicted molar refractivity (Wildman–Crippen MR) is 102 cm³/mol. The number of carbonyl (C=O) groups is 1. The molecule has 0 aliphatic heterocycles. The molecule has 3 rings (SSSR count). The van der Waals surface area contributed by atoms with Gasteiger partial charge in [0.2, 0.25) is 5.91 Å². The topological polar surface area (TPSA) is 51.2 Å². The van der Waals surface area contributed by atoms with E-state index in [9.17, 15) is 4.79 Å². The van der Waals surface area contributed by atoms with Crippen LogP contribution in [-0.2, 0) is 11.2 Å². The van der Waals surface area contributed by atoms with Crippen LogP contribution in [0.1, 0.15) is 17.5 Å². The molecular formula is C20H20N2O2S. The van der Waals surface area contributed by atoms with Crippen LogP contribution in [0.15, 0.2) is 53.9 Å². The van der Waals surface area contributed by atoms with Crippen molar-refractivity contribution in [1.82, 2.24) is 4.98 Å². The number of carbonyl (C=O) groups excluding carboxylic acids is 1. The molecule has 4 nitrogen and oxygen atoms in total. The number of aryl methyl sites for hydroxylation is 2. The molecule has 0 radical (unpaired) electrons. The van der Waals surface area contributed by atoms with Gasteiger partial charge >= 0.3 is 0 Å². The van der Waals surface area contributed by atoms with E-state index in [-0.39, 0.29) is 5.91 Å². The maximum atomic E-state index is 12.1. The first kappa shape index (κ1) is 17.2. The Balaban J connectivity index is 1.55. The van der Waals surface area contributed by atoms with Gasteiger partial charge < -0.3 is 10.1 Å². The highest BCUT2D eigenvalue weighted by Crippen LogP contribution is 2.25. The van der Waals surface area contributed by atoms with Gasteiger partial charge in [-0.25, -0.2) is 4.98 Å². The van der Waals surface area contributed by atoms with Gasteiger partial charge in [0, 0.05) is 17.4 Å². The lowest BCUT2D eigenvalue weighted by molar-refractivity contribution is -0.116. The molecule has 3 aromatic rings. The van der Waals surface area contributed by atoms with Crippen LogP contribution in [0.3, 0.4) is 0 Å². The normalized spacial score (nSPS) is 10.5. The van der Waals surface area contributed by atoms with Crippen molar-refractivity contribution >= 4 is 22.4 Å². The van der Waals surface area contributed by atoms with E-state index in [1.54, 1.807) is 7.11 Å². The molecule has 0 fully saturated rings. The smallest absolute Gasteiger partial charge is 0.226 e. The zero-order valence-electron chi connectivity index (χ0n) is 14.3. The minimum atomic E-state index is -0.0272. The van der Waals surface area contributed by atoms with E-state index >= 15 is 0 Å². The largest absolute Gasteiger partial charge is 0.497 e. The van der Waals surface area contributed by atoms with Gasteiger partial charge in [-0.3, -0.25) is 4.79 Å². The van der Waals surface area contributed by atoms with Crippen LogP contribution in [0.5, 0.6) is 5.75 Å². The molecule has 1 aromatic heterocycles. The van der Waals surface area contributed by atoms with E-state index in [1.165, 1.54) is 16.9 Å². The Kier molecular flexibility index (Phi) is 5.46. The number of methoxy groups -OCH3 is 1. The third kappa shape index (κ3) is 4.67. The third-order valence-corrected chi connectivity index (χ3v) is 4.66. The van der Waals surface area contributed by atoms with E-state index in [0.29, 0.717) is 18.0 Å². The lowest BCUT2D eigenvalue weighted by Crippen LogP contribution is -2.12. The summed E-state index contributed by atoms with van der Waals surface area (Å²) in [4.78, 5) is 16.6. The lowest BCUT2D eigenvalue weighted by Gasteiger charge is -2.04. The molecule has 25 heavy (non-hydrogen) atoms. The number of amides is 1. The van der Waals surface area contributed by atoms with Crippen molar-refractivity contribution in [3.8, 4) is 17.0 Å². The van der Waals surface area contributed by atoms with Gasteiger partial charge in [0.05, 0.1) is 12.8 Å². The van der Waals surface area contributed by atoms with Crippen molar-refractivity contribution in [1.29, 1.82) is 0 Å². The number of rotatable bonds is 6.